The third kappa shape index (κ3) is 4.22. The summed E-state index contributed by atoms with van der Waals surface area (Å²) in [6.07, 6.45) is 2.23. The van der Waals surface area contributed by atoms with Crippen LogP contribution >= 0.6 is 11.3 Å². The second-order valence-electron chi connectivity index (χ2n) is 7.05. The van der Waals surface area contributed by atoms with E-state index in [0.29, 0.717) is 24.4 Å². The molecular weight excluding hydrogens is 370 g/mol. The van der Waals surface area contributed by atoms with Crippen molar-refractivity contribution in [3.05, 3.63) is 65.2 Å². The second-order valence-corrected chi connectivity index (χ2v) is 8.11. The van der Waals surface area contributed by atoms with Crippen LogP contribution in [-0.2, 0) is 4.79 Å². The standard InChI is InChI=1S/C22H23N3O2S/c26-20(10-13-23-21(27)16-6-2-1-3-7-16)25-14-11-17(12-15-25)22-24-18-8-4-5-9-19(18)28-22/h1-9,17H,10-15H2,(H,23,27). The maximum absolute atomic E-state index is 12.5. The summed E-state index contributed by atoms with van der Waals surface area (Å²) in [5.74, 6) is 0.401. The summed E-state index contributed by atoms with van der Waals surface area (Å²) >= 11 is 1.77. The van der Waals surface area contributed by atoms with Gasteiger partial charge in [-0.15, -0.1) is 11.3 Å². The minimum atomic E-state index is -0.136. The van der Waals surface area contributed by atoms with E-state index in [4.69, 9.17) is 4.98 Å². The average Bonchev–Trinajstić information content (AvgIpc) is 3.18. The van der Waals surface area contributed by atoms with E-state index >= 15 is 0 Å². The van der Waals surface area contributed by atoms with Crippen LogP contribution in [0, 0.1) is 0 Å². The average molecular weight is 394 g/mol. The van der Waals surface area contributed by atoms with Gasteiger partial charge in [0.05, 0.1) is 15.2 Å². The number of nitrogens with one attached hydrogen (secondary N) is 1. The quantitative estimate of drug-likeness (QED) is 0.717. The number of amides is 2. The van der Waals surface area contributed by atoms with Gasteiger partial charge in [0.25, 0.3) is 5.91 Å². The monoisotopic (exact) mass is 393 g/mol. The van der Waals surface area contributed by atoms with E-state index in [1.807, 2.05) is 35.2 Å². The fourth-order valence-electron chi connectivity index (χ4n) is 3.57. The van der Waals surface area contributed by atoms with Crippen LogP contribution < -0.4 is 5.32 Å². The molecule has 2 heterocycles. The topological polar surface area (TPSA) is 62.3 Å². The molecular formula is C22H23N3O2S. The molecule has 0 bridgehead atoms. The number of rotatable bonds is 5. The highest BCUT2D eigenvalue weighted by molar-refractivity contribution is 7.18. The number of fused-ring (bicyclic) bond motifs is 1. The number of para-hydroxylation sites is 1. The van der Waals surface area contributed by atoms with Crippen molar-refractivity contribution in [3.8, 4) is 0 Å². The zero-order chi connectivity index (χ0) is 19.3. The fourth-order valence-corrected chi connectivity index (χ4v) is 4.71. The highest BCUT2D eigenvalue weighted by Gasteiger charge is 2.25. The lowest BCUT2D eigenvalue weighted by Crippen LogP contribution is -2.39. The molecule has 1 aliphatic rings. The van der Waals surface area contributed by atoms with Crippen molar-refractivity contribution in [1.29, 1.82) is 0 Å². The van der Waals surface area contributed by atoms with Gasteiger partial charge in [-0.05, 0) is 37.1 Å². The molecule has 144 valence electrons. The Kier molecular flexibility index (Phi) is 5.67. The maximum Gasteiger partial charge on any atom is 0.251 e. The number of likely N-dealkylation sites (tertiary alicyclic amines) is 1. The van der Waals surface area contributed by atoms with Crippen LogP contribution in [0.5, 0.6) is 0 Å². The molecule has 0 saturated carbocycles. The van der Waals surface area contributed by atoms with Crippen molar-refractivity contribution in [3.63, 3.8) is 0 Å². The van der Waals surface area contributed by atoms with E-state index in [1.54, 1.807) is 23.5 Å². The largest absolute Gasteiger partial charge is 0.352 e. The van der Waals surface area contributed by atoms with Crippen LogP contribution in [0.15, 0.2) is 54.6 Å². The first-order valence-corrected chi connectivity index (χ1v) is 10.5. The molecule has 3 aromatic rings. The van der Waals surface area contributed by atoms with Crippen LogP contribution in [-0.4, -0.2) is 41.3 Å². The molecule has 4 rings (SSSR count). The Morgan fingerprint density at radius 2 is 1.75 bits per heavy atom. The molecule has 0 spiro atoms. The number of aromatic nitrogens is 1. The molecule has 1 aromatic heterocycles. The molecule has 1 N–H and O–H groups in total. The highest BCUT2D eigenvalue weighted by atomic mass is 32.1. The number of carbonyl (C=O) groups is 2. The number of thiazole rings is 1. The predicted molar refractivity (Wildman–Crippen MR) is 112 cm³/mol. The van der Waals surface area contributed by atoms with Gasteiger partial charge in [0, 0.05) is 37.5 Å². The van der Waals surface area contributed by atoms with Crippen LogP contribution in [0.3, 0.4) is 0 Å². The lowest BCUT2D eigenvalue weighted by atomic mass is 9.97. The van der Waals surface area contributed by atoms with Gasteiger partial charge < -0.3 is 10.2 Å². The summed E-state index contributed by atoms with van der Waals surface area (Å²) < 4.78 is 1.23. The lowest BCUT2D eigenvalue weighted by molar-refractivity contribution is -0.132. The van der Waals surface area contributed by atoms with Crippen molar-refractivity contribution < 1.29 is 9.59 Å². The summed E-state index contributed by atoms with van der Waals surface area (Å²) in [5.41, 5.74) is 1.68. The molecule has 0 unspecified atom stereocenters. The molecule has 5 nitrogen and oxygen atoms in total. The molecule has 0 radical (unpaired) electrons. The Morgan fingerprint density at radius 3 is 2.50 bits per heavy atom. The van der Waals surface area contributed by atoms with Gasteiger partial charge in [-0.1, -0.05) is 30.3 Å². The molecule has 2 aromatic carbocycles. The summed E-state index contributed by atoms with van der Waals surface area (Å²) in [7, 11) is 0. The molecule has 1 saturated heterocycles. The summed E-state index contributed by atoms with van der Waals surface area (Å²) in [6, 6.07) is 17.3. The Bertz CT molecular complexity index is 929. The van der Waals surface area contributed by atoms with Crippen molar-refractivity contribution in [2.75, 3.05) is 19.6 Å². The molecule has 1 fully saturated rings. The van der Waals surface area contributed by atoms with E-state index in [2.05, 4.69) is 17.4 Å². The van der Waals surface area contributed by atoms with Crippen molar-refractivity contribution >= 4 is 33.4 Å². The first-order chi connectivity index (χ1) is 13.7. The SMILES string of the molecule is O=C(NCCC(=O)N1CCC(c2nc3ccccc3s2)CC1)c1ccccc1. The Balaban J connectivity index is 1.24. The summed E-state index contributed by atoms with van der Waals surface area (Å²) in [6.45, 7) is 1.88. The zero-order valence-corrected chi connectivity index (χ0v) is 16.5. The first-order valence-electron chi connectivity index (χ1n) is 9.67. The van der Waals surface area contributed by atoms with Crippen molar-refractivity contribution in [1.82, 2.24) is 15.2 Å². The second kappa shape index (κ2) is 8.52. The Morgan fingerprint density at radius 1 is 1.04 bits per heavy atom. The van der Waals surface area contributed by atoms with Gasteiger partial charge in [-0.25, -0.2) is 4.98 Å². The van der Waals surface area contributed by atoms with Crippen LogP contribution in [0.1, 0.15) is 40.5 Å². The third-order valence-electron chi connectivity index (χ3n) is 5.17. The maximum atomic E-state index is 12.5. The van der Waals surface area contributed by atoms with Crippen LogP contribution in [0.2, 0.25) is 0 Å². The van der Waals surface area contributed by atoms with Gasteiger partial charge in [-0.3, -0.25) is 9.59 Å². The number of carbonyl (C=O) groups excluding carboxylic acids is 2. The number of benzene rings is 2. The van der Waals surface area contributed by atoms with E-state index in [-0.39, 0.29) is 11.8 Å². The molecule has 0 aliphatic carbocycles. The normalized spacial score (nSPS) is 14.9. The number of nitrogens with zero attached hydrogens (tertiary/aromatic N) is 2. The predicted octanol–water partition coefficient (Wildman–Crippen LogP) is 3.82. The van der Waals surface area contributed by atoms with Gasteiger partial charge >= 0.3 is 0 Å². The first kappa shape index (κ1) is 18.6. The van der Waals surface area contributed by atoms with Crippen LogP contribution in [0.25, 0.3) is 10.2 Å². The molecule has 28 heavy (non-hydrogen) atoms. The van der Waals surface area contributed by atoms with Gasteiger partial charge in [0.15, 0.2) is 0 Å². The summed E-state index contributed by atoms with van der Waals surface area (Å²) in [5, 5.41) is 4.01. The molecule has 6 heteroatoms. The number of piperidine rings is 1. The van der Waals surface area contributed by atoms with Crippen molar-refractivity contribution in [2.45, 2.75) is 25.2 Å². The minimum Gasteiger partial charge on any atom is -0.352 e. The van der Waals surface area contributed by atoms with E-state index < -0.39 is 0 Å². The van der Waals surface area contributed by atoms with Gasteiger partial charge in [-0.2, -0.15) is 0 Å². The smallest absolute Gasteiger partial charge is 0.251 e. The molecule has 1 aliphatic heterocycles. The van der Waals surface area contributed by atoms with Gasteiger partial charge in [0.1, 0.15) is 0 Å². The zero-order valence-electron chi connectivity index (χ0n) is 15.6. The fraction of sp³-hybridized carbons (Fsp3) is 0.318. The molecule has 0 atom stereocenters. The van der Waals surface area contributed by atoms with E-state index in [0.717, 1.165) is 31.4 Å². The highest BCUT2D eigenvalue weighted by Crippen LogP contribution is 2.33. The number of hydrogen-bond donors (Lipinski definition) is 1. The minimum absolute atomic E-state index is 0.108. The Hall–Kier alpha value is -2.73. The third-order valence-corrected chi connectivity index (χ3v) is 6.37. The summed E-state index contributed by atoms with van der Waals surface area (Å²) in [4.78, 5) is 31.2. The van der Waals surface area contributed by atoms with E-state index in [9.17, 15) is 9.59 Å². The van der Waals surface area contributed by atoms with E-state index in [1.165, 1.54) is 9.71 Å². The lowest BCUT2D eigenvalue weighted by Gasteiger charge is -2.31. The number of hydrogen-bond acceptors (Lipinski definition) is 4. The van der Waals surface area contributed by atoms with Gasteiger partial charge in [0.2, 0.25) is 5.91 Å². The van der Waals surface area contributed by atoms with Crippen LogP contribution in [0.4, 0.5) is 0 Å². The van der Waals surface area contributed by atoms with Crippen molar-refractivity contribution in [2.24, 2.45) is 0 Å². The Labute approximate surface area is 168 Å². The molecule has 2 amide bonds.